The molecule has 6 nitrogen and oxygen atoms in total. The zero-order valence-corrected chi connectivity index (χ0v) is 21.7. The van der Waals surface area contributed by atoms with Gasteiger partial charge in [0.15, 0.2) is 0 Å². The fourth-order valence-corrected chi connectivity index (χ4v) is 7.38. The summed E-state index contributed by atoms with van der Waals surface area (Å²) >= 11 is 9.93. The maximum Gasteiger partial charge on any atom is 0.389 e. The van der Waals surface area contributed by atoms with Crippen molar-refractivity contribution in [2.45, 2.75) is 27.7 Å². The van der Waals surface area contributed by atoms with Crippen LogP contribution in [0.2, 0.25) is 0 Å². The van der Waals surface area contributed by atoms with Crippen molar-refractivity contribution in [2.24, 2.45) is 0 Å². The average Bonchev–Trinajstić information content (AvgIpc) is 2.63. The molecule has 0 bridgehead atoms. The number of hydrogen-bond donors (Lipinski definition) is 0. The molecule has 12 heteroatoms. The highest BCUT2D eigenvalue weighted by atomic mass is 32.7. The van der Waals surface area contributed by atoms with E-state index in [1.807, 2.05) is 25.6 Å². The molecule has 0 aliphatic rings. The average molecular weight is 489 g/mol. The van der Waals surface area contributed by atoms with Crippen molar-refractivity contribution in [3.63, 3.8) is 0 Å². The van der Waals surface area contributed by atoms with Crippen molar-refractivity contribution in [3.8, 4) is 0 Å². The Kier molecular flexibility index (Phi) is 23.0. The van der Waals surface area contributed by atoms with Gasteiger partial charge in [0.25, 0.3) is 0 Å². The minimum absolute atomic E-state index is 0.436. The molecule has 0 fully saturated rings. The molecule has 0 aliphatic carbocycles. The summed E-state index contributed by atoms with van der Waals surface area (Å²) < 4.78 is 37.3. The number of thioether (sulfide) groups is 2. The lowest BCUT2D eigenvalue weighted by Crippen LogP contribution is -1.98. The second kappa shape index (κ2) is 20.0. The molecular formula is C14H34O6P2S4. The van der Waals surface area contributed by atoms with Gasteiger partial charge >= 0.3 is 13.5 Å². The van der Waals surface area contributed by atoms with Crippen molar-refractivity contribution in [3.05, 3.63) is 0 Å². The molecule has 0 atom stereocenters. The van der Waals surface area contributed by atoms with Gasteiger partial charge in [-0.25, -0.2) is 4.57 Å². The largest absolute Gasteiger partial charge is 0.389 e. The lowest BCUT2D eigenvalue weighted by molar-refractivity contribution is 0.212. The number of rotatable bonds is 16. The predicted octanol–water partition coefficient (Wildman–Crippen LogP) is 5.93. The molecule has 0 aliphatic heterocycles. The Balaban J connectivity index is 0. The Morgan fingerprint density at radius 3 is 1.73 bits per heavy atom. The minimum Gasteiger partial charge on any atom is -0.312 e. The van der Waals surface area contributed by atoms with E-state index in [2.05, 4.69) is 13.8 Å². The summed E-state index contributed by atoms with van der Waals surface area (Å²) in [5.74, 6) is 4.92. The molecule has 0 saturated heterocycles. The normalized spacial score (nSPS) is 11.9. The summed E-state index contributed by atoms with van der Waals surface area (Å²) in [5.41, 5.74) is 0. The van der Waals surface area contributed by atoms with Gasteiger partial charge in [0.2, 0.25) is 0 Å². The first-order chi connectivity index (χ1) is 12.4. The van der Waals surface area contributed by atoms with Gasteiger partial charge in [-0.3, -0.25) is 0 Å². The molecule has 160 valence electrons. The zero-order valence-electron chi connectivity index (χ0n) is 16.6. The van der Waals surface area contributed by atoms with E-state index in [0.717, 1.165) is 28.8 Å². The molecule has 0 amide bonds. The van der Waals surface area contributed by atoms with Gasteiger partial charge in [-0.15, -0.1) is 0 Å². The molecule has 0 N–H and O–H groups in total. The van der Waals surface area contributed by atoms with Crippen molar-refractivity contribution in [1.29, 1.82) is 0 Å². The Hall–Kier alpha value is 1.73. The smallest absolute Gasteiger partial charge is 0.312 e. The van der Waals surface area contributed by atoms with E-state index in [-0.39, 0.29) is 0 Å². The summed E-state index contributed by atoms with van der Waals surface area (Å²) in [6.07, 6.45) is 0. The second-order valence-electron chi connectivity index (χ2n) is 4.16. The van der Waals surface area contributed by atoms with Crippen LogP contribution < -0.4 is 0 Å². The third-order valence-electron chi connectivity index (χ3n) is 2.38. The van der Waals surface area contributed by atoms with Crippen LogP contribution >= 0.6 is 48.4 Å². The number of hydrogen-bond acceptors (Lipinski definition) is 10. The molecule has 0 rings (SSSR count). The van der Waals surface area contributed by atoms with Gasteiger partial charge in [-0.2, -0.15) is 23.5 Å². The maximum absolute atomic E-state index is 11.9. The van der Waals surface area contributed by atoms with Crippen LogP contribution in [0.3, 0.4) is 0 Å². The lowest BCUT2D eigenvalue weighted by Gasteiger charge is -2.16. The Bertz CT molecular complexity index is 386. The van der Waals surface area contributed by atoms with E-state index in [1.165, 1.54) is 25.6 Å². The molecule has 26 heavy (non-hydrogen) atoms. The SMILES string of the molecule is CCOP(=O)(OCC)SCCSCC.CCSCCOP(=S)(OC)OC. The predicted molar refractivity (Wildman–Crippen MR) is 124 cm³/mol. The van der Waals surface area contributed by atoms with Crippen LogP contribution in [0.5, 0.6) is 0 Å². The minimum atomic E-state index is -2.86. The quantitative estimate of drug-likeness (QED) is 0.193. The highest BCUT2D eigenvalue weighted by molar-refractivity contribution is 8.55. The summed E-state index contributed by atoms with van der Waals surface area (Å²) in [5, 5.41) is 0. The molecule has 0 heterocycles. The van der Waals surface area contributed by atoms with Crippen LogP contribution in [0.15, 0.2) is 0 Å². The summed E-state index contributed by atoms with van der Waals surface area (Å²) in [6, 6.07) is 0. The first-order valence-electron chi connectivity index (χ1n) is 8.41. The molecule has 0 spiro atoms. The Morgan fingerprint density at radius 1 is 0.808 bits per heavy atom. The van der Waals surface area contributed by atoms with Gasteiger partial charge in [0.1, 0.15) is 0 Å². The molecule has 0 saturated carbocycles. The topological polar surface area (TPSA) is 63.2 Å². The Labute approximate surface area is 177 Å². The highest BCUT2D eigenvalue weighted by Gasteiger charge is 2.23. The van der Waals surface area contributed by atoms with Gasteiger partial charge in [0, 0.05) is 31.5 Å². The van der Waals surface area contributed by atoms with Crippen LogP contribution in [0, 0.1) is 0 Å². The molecule has 0 unspecified atom stereocenters. The lowest BCUT2D eigenvalue weighted by atomic mass is 10.9. The van der Waals surface area contributed by atoms with Crippen molar-refractivity contribution >= 4 is 60.2 Å². The fraction of sp³-hybridized carbons (Fsp3) is 1.00. The monoisotopic (exact) mass is 488 g/mol. The zero-order chi connectivity index (χ0) is 20.3. The van der Waals surface area contributed by atoms with Gasteiger partial charge in [-0.1, -0.05) is 13.8 Å². The van der Waals surface area contributed by atoms with Crippen LogP contribution in [0.4, 0.5) is 0 Å². The van der Waals surface area contributed by atoms with Crippen LogP contribution in [-0.4, -0.2) is 62.8 Å². The van der Waals surface area contributed by atoms with Crippen LogP contribution in [0.25, 0.3) is 0 Å². The van der Waals surface area contributed by atoms with Crippen LogP contribution in [-0.2, 0) is 39.0 Å². The van der Waals surface area contributed by atoms with Crippen molar-refractivity contribution in [1.82, 2.24) is 0 Å². The highest BCUT2D eigenvalue weighted by Crippen LogP contribution is 2.60. The van der Waals surface area contributed by atoms with Crippen LogP contribution in [0.1, 0.15) is 27.7 Å². The third kappa shape index (κ3) is 17.8. The van der Waals surface area contributed by atoms with Crippen molar-refractivity contribution in [2.75, 3.05) is 62.8 Å². The summed E-state index contributed by atoms with van der Waals surface area (Å²) in [6.45, 7) is 4.08. The molecule has 0 aromatic carbocycles. The van der Waals surface area contributed by atoms with E-state index in [9.17, 15) is 4.57 Å². The standard InChI is InChI=1S/C8H19O3PS2.C6H15O3PS2/c1-4-10-12(9,11-5-2)14-8-7-13-6-3;1-4-12-6-5-9-10(11,7-2)8-3/h4-8H2,1-3H3;4-6H2,1-3H3. The summed E-state index contributed by atoms with van der Waals surface area (Å²) in [7, 11) is 3.02. The molecule has 0 aromatic rings. The van der Waals surface area contributed by atoms with Gasteiger partial charge in [-0.05, 0) is 48.5 Å². The van der Waals surface area contributed by atoms with Gasteiger partial charge in [0.05, 0.1) is 19.8 Å². The van der Waals surface area contributed by atoms with E-state index < -0.39 is 13.5 Å². The fourth-order valence-electron chi connectivity index (χ4n) is 1.31. The van der Waals surface area contributed by atoms with E-state index in [4.69, 9.17) is 34.4 Å². The van der Waals surface area contributed by atoms with Crippen molar-refractivity contribution < 1.29 is 27.2 Å². The molecule has 0 radical (unpaired) electrons. The second-order valence-corrected chi connectivity index (χ2v) is 14.4. The van der Waals surface area contributed by atoms with Gasteiger partial charge < -0.3 is 22.6 Å². The first-order valence-corrected chi connectivity index (χ1v) is 16.4. The maximum atomic E-state index is 11.9. The Morgan fingerprint density at radius 2 is 1.31 bits per heavy atom. The first kappa shape index (κ1) is 29.9. The molecule has 0 aromatic heterocycles. The van der Waals surface area contributed by atoms with E-state index in [1.54, 1.807) is 11.8 Å². The van der Waals surface area contributed by atoms with E-state index in [0.29, 0.717) is 19.8 Å². The third-order valence-corrected chi connectivity index (χ3v) is 11.0. The summed E-state index contributed by atoms with van der Waals surface area (Å²) in [4.78, 5) is 0. The molecular weight excluding hydrogens is 454 g/mol. The van der Waals surface area contributed by atoms with E-state index >= 15 is 0 Å².